The van der Waals surface area contributed by atoms with Gasteiger partial charge in [-0.05, 0) is 61.5 Å². The molecule has 1 aromatic carbocycles. The molecule has 3 aromatic rings. The van der Waals surface area contributed by atoms with Gasteiger partial charge in [-0.25, -0.2) is 9.97 Å². The van der Waals surface area contributed by atoms with Gasteiger partial charge < -0.3 is 9.47 Å². The minimum absolute atomic E-state index is 0.0942. The summed E-state index contributed by atoms with van der Waals surface area (Å²) in [6.45, 7) is 6.10. The molecule has 0 radical (unpaired) electrons. The fourth-order valence-electron chi connectivity index (χ4n) is 3.77. The third-order valence-electron chi connectivity index (χ3n) is 5.39. The monoisotopic (exact) mass is 362 g/mol. The molecule has 0 aliphatic carbocycles. The van der Waals surface area contributed by atoms with Gasteiger partial charge in [0.1, 0.15) is 5.82 Å². The summed E-state index contributed by atoms with van der Waals surface area (Å²) in [4.78, 5) is 24.3. The van der Waals surface area contributed by atoms with Gasteiger partial charge in [-0.15, -0.1) is 0 Å². The highest BCUT2D eigenvalue weighted by Crippen LogP contribution is 2.15. The van der Waals surface area contributed by atoms with E-state index in [0.717, 1.165) is 60.5 Å². The number of rotatable bonds is 6. The predicted molar refractivity (Wildman–Crippen MR) is 108 cm³/mol. The van der Waals surface area contributed by atoms with E-state index in [9.17, 15) is 4.79 Å². The Bertz CT molecular complexity index is 989. The molecule has 140 valence electrons. The van der Waals surface area contributed by atoms with Gasteiger partial charge in [0, 0.05) is 43.0 Å². The fourth-order valence-corrected chi connectivity index (χ4v) is 3.77. The summed E-state index contributed by atoms with van der Waals surface area (Å²) < 4.78 is 1.85. The topological polar surface area (TPSA) is 51.0 Å². The molecule has 1 aliphatic heterocycles. The first kappa shape index (κ1) is 17.9. The zero-order chi connectivity index (χ0) is 18.6. The molecule has 0 saturated carbocycles. The second-order valence-corrected chi connectivity index (χ2v) is 7.28. The fraction of sp³-hybridized carbons (Fsp3) is 0.409. The highest BCUT2D eigenvalue weighted by molar-refractivity contribution is 5.82. The average molecular weight is 362 g/mol. The van der Waals surface area contributed by atoms with E-state index in [2.05, 4.69) is 27.9 Å². The van der Waals surface area contributed by atoms with Crippen molar-refractivity contribution in [3.05, 3.63) is 70.2 Å². The molecule has 2 aromatic heterocycles. The van der Waals surface area contributed by atoms with Crippen molar-refractivity contribution in [2.45, 2.75) is 39.2 Å². The highest BCUT2D eigenvalue weighted by atomic mass is 16.1. The van der Waals surface area contributed by atoms with Crippen LogP contribution in [-0.2, 0) is 19.4 Å². The van der Waals surface area contributed by atoms with Crippen LogP contribution in [0.25, 0.3) is 10.8 Å². The van der Waals surface area contributed by atoms with Crippen molar-refractivity contribution in [2.75, 3.05) is 19.6 Å². The third kappa shape index (κ3) is 4.08. The van der Waals surface area contributed by atoms with Gasteiger partial charge in [0.05, 0.1) is 0 Å². The van der Waals surface area contributed by atoms with E-state index in [1.54, 1.807) is 0 Å². The molecule has 5 heteroatoms. The summed E-state index contributed by atoms with van der Waals surface area (Å²) in [5.74, 6) is 0.805. The number of aromatic nitrogens is 3. The van der Waals surface area contributed by atoms with E-state index in [1.165, 1.54) is 12.8 Å². The maximum absolute atomic E-state index is 13.0. The van der Waals surface area contributed by atoms with Crippen LogP contribution in [0, 0.1) is 0 Å². The Hall–Kier alpha value is -2.53. The van der Waals surface area contributed by atoms with Gasteiger partial charge in [-0.2, -0.15) is 0 Å². The Morgan fingerprint density at radius 3 is 2.74 bits per heavy atom. The summed E-state index contributed by atoms with van der Waals surface area (Å²) >= 11 is 0. The van der Waals surface area contributed by atoms with Crippen LogP contribution in [0.5, 0.6) is 0 Å². The number of aryl methyl sites for hydroxylation is 1. The lowest BCUT2D eigenvalue weighted by Gasteiger charge is -2.15. The molecular weight excluding hydrogens is 336 g/mol. The van der Waals surface area contributed by atoms with E-state index >= 15 is 0 Å². The minimum Gasteiger partial charge on any atom is -0.314 e. The molecule has 0 amide bonds. The van der Waals surface area contributed by atoms with Crippen LogP contribution in [0.1, 0.15) is 36.8 Å². The van der Waals surface area contributed by atoms with Crippen LogP contribution in [0.3, 0.4) is 0 Å². The number of likely N-dealkylation sites (tertiary alicyclic amines) is 1. The van der Waals surface area contributed by atoms with Crippen molar-refractivity contribution < 1.29 is 0 Å². The van der Waals surface area contributed by atoms with Crippen molar-refractivity contribution >= 4 is 10.8 Å². The molecule has 0 atom stereocenters. The SMILES string of the molecule is CCc1ccnc(Cc2ccc3ccn(CCN4CCCC4)c(=O)c3c2)n1. The standard InChI is InChI=1S/C22H26N4O/c1-2-19-7-9-23-21(24-19)16-17-5-6-18-8-12-26(22(27)20(18)15-17)14-13-25-10-3-4-11-25/h5-9,12,15H,2-4,10-11,13-14,16H2,1H3. The van der Waals surface area contributed by atoms with E-state index < -0.39 is 0 Å². The van der Waals surface area contributed by atoms with Crippen molar-refractivity contribution in [1.82, 2.24) is 19.4 Å². The lowest BCUT2D eigenvalue weighted by molar-refractivity contribution is 0.321. The van der Waals surface area contributed by atoms with Crippen molar-refractivity contribution in [3.63, 3.8) is 0 Å². The van der Waals surface area contributed by atoms with Crippen LogP contribution in [0.15, 0.2) is 47.5 Å². The molecule has 27 heavy (non-hydrogen) atoms. The van der Waals surface area contributed by atoms with Crippen molar-refractivity contribution in [1.29, 1.82) is 0 Å². The first-order chi connectivity index (χ1) is 13.2. The average Bonchev–Trinajstić information content (AvgIpc) is 3.22. The summed E-state index contributed by atoms with van der Waals surface area (Å²) in [6, 6.07) is 10.1. The Morgan fingerprint density at radius 1 is 1.07 bits per heavy atom. The van der Waals surface area contributed by atoms with Gasteiger partial charge in [0.25, 0.3) is 5.56 Å². The number of pyridine rings is 1. The van der Waals surface area contributed by atoms with Crippen LogP contribution in [0.2, 0.25) is 0 Å². The first-order valence-electron chi connectivity index (χ1n) is 9.88. The van der Waals surface area contributed by atoms with E-state index in [4.69, 9.17) is 0 Å². The molecule has 3 heterocycles. The zero-order valence-electron chi connectivity index (χ0n) is 15.9. The molecule has 1 aliphatic rings. The Balaban J connectivity index is 1.58. The Morgan fingerprint density at radius 2 is 1.93 bits per heavy atom. The number of nitrogens with zero attached hydrogens (tertiary/aromatic N) is 4. The normalized spacial score (nSPS) is 14.9. The molecular formula is C22H26N4O. The van der Waals surface area contributed by atoms with Crippen LogP contribution in [0.4, 0.5) is 0 Å². The lowest BCUT2D eigenvalue weighted by atomic mass is 10.1. The number of fused-ring (bicyclic) bond motifs is 1. The smallest absolute Gasteiger partial charge is 0.258 e. The van der Waals surface area contributed by atoms with Crippen molar-refractivity contribution in [2.24, 2.45) is 0 Å². The number of hydrogen-bond donors (Lipinski definition) is 0. The quantitative estimate of drug-likeness (QED) is 0.676. The number of benzene rings is 1. The molecule has 0 unspecified atom stereocenters. The second-order valence-electron chi connectivity index (χ2n) is 7.28. The molecule has 4 rings (SSSR count). The molecule has 1 saturated heterocycles. The van der Waals surface area contributed by atoms with Gasteiger partial charge in [-0.1, -0.05) is 19.1 Å². The largest absolute Gasteiger partial charge is 0.314 e. The van der Waals surface area contributed by atoms with E-state index in [1.807, 2.05) is 41.2 Å². The summed E-state index contributed by atoms with van der Waals surface area (Å²) in [5.41, 5.74) is 2.21. The van der Waals surface area contributed by atoms with Gasteiger partial charge in [0.2, 0.25) is 0 Å². The van der Waals surface area contributed by atoms with E-state index in [-0.39, 0.29) is 5.56 Å². The Labute approximate surface area is 159 Å². The van der Waals surface area contributed by atoms with Gasteiger partial charge in [0.15, 0.2) is 0 Å². The van der Waals surface area contributed by atoms with Crippen LogP contribution in [-0.4, -0.2) is 39.1 Å². The maximum atomic E-state index is 13.0. The maximum Gasteiger partial charge on any atom is 0.258 e. The summed E-state index contributed by atoms with van der Waals surface area (Å²) in [6.07, 6.45) is 7.83. The third-order valence-corrected chi connectivity index (χ3v) is 5.39. The molecule has 5 nitrogen and oxygen atoms in total. The first-order valence-corrected chi connectivity index (χ1v) is 9.88. The van der Waals surface area contributed by atoms with Gasteiger partial charge >= 0.3 is 0 Å². The highest BCUT2D eigenvalue weighted by Gasteiger charge is 2.12. The van der Waals surface area contributed by atoms with Crippen LogP contribution >= 0.6 is 0 Å². The van der Waals surface area contributed by atoms with Gasteiger partial charge in [-0.3, -0.25) is 4.79 Å². The predicted octanol–water partition coefficient (Wildman–Crippen LogP) is 3.04. The zero-order valence-corrected chi connectivity index (χ0v) is 15.9. The summed E-state index contributed by atoms with van der Waals surface area (Å²) in [5, 5.41) is 1.77. The van der Waals surface area contributed by atoms with E-state index in [0.29, 0.717) is 6.42 Å². The minimum atomic E-state index is 0.0942. The lowest BCUT2D eigenvalue weighted by Crippen LogP contribution is -2.28. The molecule has 0 spiro atoms. The Kier molecular flexibility index (Phi) is 5.30. The van der Waals surface area contributed by atoms with Crippen LogP contribution < -0.4 is 5.56 Å². The van der Waals surface area contributed by atoms with Crippen molar-refractivity contribution in [3.8, 4) is 0 Å². The molecule has 0 N–H and O–H groups in total. The second kappa shape index (κ2) is 8.01. The molecule has 1 fully saturated rings. The summed E-state index contributed by atoms with van der Waals surface area (Å²) in [7, 11) is 0. The number of hydrogen-bond acceptors (Lipinski definition) is 4. The molecule has 0 bridgehead atoms.